The van der Waals surface area contributed by atoms with Crippen molar-refractivity contribution in [1.29, 1.82) is 0 Å². The predicted molar refractivity (Wildman–Crippen MR) is 76.4 cm³/mol. The molecule has 1 saturated heterocycles. The van der Waals surface area contributed by atoms with Gasteiger partial charge in [-0.3, -0.25) is 4.90 Å². The van der Waals surface area contributed by atoms with Gasteiger partial charge in [0.25, 0.3) is 0 Å². The SMILES string of the molecule is Oc1[nH]c2ccccc2c1N=[NH+]C(=S)N1CCCC1.[Cu+2]. The molecule has 20 heavy (non-hydrogen) atoms. The third kappa shape index (κ3) is 2.85. The molecule has 1 radical (unpaired) electrons. The van der Waals surface area contributed by atoms with Crippen LogP contribution < -0.4 is 5.11 Å². The number of nitrogens with one attached hydrogen (secondary N) is 2. The van der Waals surface area contributed by atoms with Crippen molar-refractivity contribution in [2.24, 2.45) is 5.11 Å². The van der Waals surface area contributed by atoms with Crippen molar-refractivity contribution in [1.82, 2.24) is 9.88 Å². The first-order valence-corrected chi connectivity index (χ1v) is 6.72. The first-order chi connectivity index (χ1) is 9.25. The fraction of sp³-hybridized carbons (Fsp3) is 0.308. The van der Waals surface area contributed by atoms with Gasteiger partial charge in [0.2, 0.25) is 5.88 Å². The molecular formula is C13H15CuN4OS+3. The van der Waals surface area contributed by atoms with Gasteiger partial charge in [-0.1, -0.05) is 23.3 Å². The second-order valence-electron chi connectivity index (χ2n) is 4.59. The maximum Gasteiger partial charge on any atom is 2.00 e. The number of aromatic nitrogens is 1. The van der Waals surface area contributed by atoms with Crippen LogP contribution in [0.4, 0.5) is 5.69 Å². The van der Waals surface area contributed by atoms with Gasteiger partial charge in [0.05, 0.1) is 18.6 Å². The molecule has 3 N–H and O–H groups in total. The number of aromatic amines is 1. The summed E-state index contributed by atoms with van der Waals surface area (Å²) in [4.78, 5) is 4.97. The van der Waals surface area contributed by atoms with Crippen molar-refractivity contribution >= 4 is 33.9 Å². The van der Waals surface area contributed by atoms with E-state index < -0.39 is 0 Å². The van der Waals surface area contributed by atoms with Crippen molar-refractivity contribution < 1.29 is 27.3 Å². The number of nitrogens with zero attached hydrogens (tertiary/aromatic N) is 2. The largest absolute Gasteiger partial charge is 2.00 e. The molecule has 0 saturated carbocycles. The van der Waals surface area contributed by atoms with E-state index in [1.807, 2.05) is 24.3 Å². The number of benzene rings is 1. The molecule has 0 spiro atoms. The minimum absolute atomic E-state index is 0. The predicted octanol–water partition coefficient (Wildman–Crippen LogP) is 1.42. The van der Waals surface area contributed by atoms with Crippen LogP contribution in [0.2, 0.25) is 0 Å². The van der Waals surface area contributed by atoms with Gasteiger partial charge in [0, 0.05) is 17.6 Å². The Balaban J connectivity index is 0.00000147. The second-order valence-corrected chi connectivity index (χ2v) is 4.98. The zero-order chi connectivity index (χ0) is 13.2. The van der Waals surface area contributed by atoms with Crippen molar-refractivity contribution in [3.8, 4) is 5.88 Å². The van der Waals surface area contributed by atoms with Crippen LogP contribution in [0.1, 0.15) is 12.8 Å². The number of azo groups is 1. The van der Waals surface area contributed by atoms with Crippen LogP contribution in [-0.2, 0) is 17.1 Å². The third-order valence-corrected chi connectivity index (χ3v) is 3.67. The van der Waals surface area contributed by atoms with Crippen molar-refractivity contribution in [2.75, 3.05) is 13.1 Å². The van der Waals surface area contributed by atoms with Crippen LogP contribution in [0.5, 0.6) is 5.88 Å². The van der Waals surface area contributed by atoms with E-state index in [0.29, 0.717) is 10.8 Å². The summed E-state index contributed by atoms with van der Waals surface area (Å²) in [7, 11) is 0. The first kappa shape index (κ1) is 15.0. The van der Waals surface area contributed by atoms with Crippen LogP contribution in [0.3, 0.4) is 0 Å². The average molecular weight is 339 g/mol. The summed E-state index contributed by atoms with van der Waals surface area (Å²) in [6.07, 6.45) is 2.33. The summed E-state index contributed by atoms with van der Waals surface area (Å²) >= 11 is 5.28. The number of para-hydroxylation sites is 1. The number of fused-ring (bicyclic) bond motifs is 1. The van der Waals surface area contributed by atoms with Crippen molar-refractivity contribution in [2.45, 2.75) is 12.8 Å². The van der Waals surface area contributed by atoms with E-state index in [2.05, 4.69) is 20.1 Å². The molecule has 1 aliphatic heterocycles. The van der Waals surface area contributed by atoms with Gasteiger partial charge in [-0.15, -0.1) is 5.11 Å². The number of aromatic hydroxyl groups is 1. The minimum atomic E-state index is 0. The summed E-state index contributed by atoms with van der Waals surface area (Å²) in [6.45, 7) is 1.95. The molecule has 7 heteroatoms. The molecule has 1 aliphatic rings. The van der Waals surface area contributed by atoms with Gasteiger partial charge in [-0.25, -0.2) is 0 Å². The molecule has 107 valence electrons. The summed E-state index contributed by atoms with van der Waals surface area (Å²) in [5.74, 6) is 0.0536. The van der Waals surface area contributed by atoms with Crippen LogP contribution in [0.25, 0.3) is 10.9 Å². The quantitative estimate of drug-likeness (QED) is 0.418. The van der Waals surface area contributed by atoms with Crippen LogP contribution >= 0.6 is 12.2 Å². The Morgan fingerprint density at radius 3 is 2.75 bits per heavy atom. The minimum Gasteiger partial charge on any atom is -0.493 e. The molecule has 1 fully saturated rings. The van der Waals surface area contributed by atoms with E-state index in [9.17, 15) is 5.11 Å². The second kappa shape index (κ2) is 6.35. The van der Waals surface area contributed by atoms with E-state index in [1.165, 1.54) is 12.8 Å². The smallest absolute Gasteiger partial charge is 0.493 e. The topological polar surface area (TPSA) is 65.6 Å². The molecule has 0 bridgehead atoms. The summed E-state index contributed by atoms with van der Waals surface area (Å²) in [5, 5.41) is 18.4. The molecule has 2 aromatic rings. The van der Waals surface area contributed by atoms with Crippen molar-refractivity contribution in [3.63, 3.8) is 0 Å². The standard InChI is InChI=1S/C13H14N4OS.Cu/c18-12-11(9-5-1-2-6-10(9)14-12)15-16-13(19)17-7-3-4-8-17;/h1-2,5-6,14,18H,3-4,7-8H2;/q;+2/p+1. The molecule has 0 aliphatic carbocycles. The van der Waals surface area contributed by atoms with Gasteiger partial charge >= 0.3 is 22.2 Å². The van der Waals surface area contributed by atoms with Gasteiger partial charge in [0.1, 0.15) is 0 Å². The Hall–Kier alpha value is -1.43. The Labute approximate surface area is 132 Å². The van der Waals surface area contributed by atoms with Gasteiger partial charge < -0.3 is 10.1 Å². The summed E-state index contributed by atoms with van der Waals surface area (Å²) in [5.41, 5.74) is 1.35. The molecule has 2 heterocycles. The molecule has 0 amide bonds. The number of rotatable bonds is 1. The van der Waals surface area contributed by atoms with Gasteiger partial charge in [-0.2, -0.15) is 0 Å². The monoisotopic (exact) mass is 338 g/mol. The van der Waals surface area contributed by atoms with E-state index >= 15 is 0 Å². The third-order valence-electron chi connectivity index (χ3n) is 3.32. The summed E-state index contributed by atoms with van der Waals surface area (Å²) < 4.78 is 0. The maximum atomic E-state index is 9.87. The average Bonchev–Trinajstić information content (AvgIpc) is 3.03. The van der Waals surface area contributed by atoms with E-state index in [0.717, 1.165) is 24.0 Å². The Morgan fingerprint density at radius 1 is 1.30 bits per heavy atom. The number of thiocarbonyl (C=S) groups is 1. The molecule has 1 aromatic carbocycles. The van der Waals surface area contributed by atoms with Gasteiger partial charge in [0.15, 0.2) is 5.69 Å². The van der Waals surface area contributed by atoms with E-state index in [4.69, 9.17) is 12.2 Å². The van der Waals surface area contributed by atoms with E-state index in [-0.39, 0.29) is 22.9 Å². The number of H-pyrrole nitrogens is 1. The van der Waals surface area contributed by atoms with Crippen LogP contribution in [-0.4, -0.2) is 33.2 Å². The van der Waals surface area contributed by atoms with Crippen LogP contribution in [0, 0.1) is 0 Å². The molecule has 1 aromatic heterocycles. The summed E-state index contributed by atoms with van der Waals surface area (Å²) in [6, 6.07) is 7.62. The normalized spacial score (nSPS) is 14.9. The zero-order valence-electron chi connectivity index (χ0n) is 10.7. The Morgan fingerprint density at radius 2 is 2.00 bits per heavy atom. The fourth-order valence-corrected chi connectivity index (χ4v) is 2.55. The van der Waals surface area contributed by atoms with E-state index in [1.54, 1.807) is 0 Å². The number of hydrogen-bond donors (Lipinski definition) is 3. The Kier molecular flexibility index (Phi) is 4.75. The first-order valence-electron chi connectivity index (χ1n) is 6.31. The molecule has 0 atom stereocenters. The van der Waals surface area contributed by atoms with Crippen molar-refractivity contribution in [3.05, 3.63) is 24.3 Å². The fourth-order valence-electron chi connectivity index (χ4n) is 2.32. The Bertz CT molecular complexity index is 649. The molecule has 0 unspecified atom stereocenters. The van der Waals surface area contributed by atoms with Crippen LogP contribution in [0.15, 0.2) is 29.4 Å². The molecule has 3 rings (SSSR count). The number of hydrogen-bond acceptors (Lipinski definition) is 3. The molecule has 5 nitrogen and oxygen atoms in total. The zero-order valence-corrected chi connectivity index (χ0v) is 12.4. The maximum absolute atomic E-state index is 9.87. The molecular weight excluding hydrogens is 324 g/mol. The number of likely N-dealkylation sites (tertiary alicyclic amines) is 1. The van der Waals surface area contributed by atoms with Gasteiger partial charge in [-0.05, 0) is 18.9 Å².